The number of halogens is 1. The first-order valence-electron chi connectivity index (χ1n) is 9.55. The van der Waals surface area contributed by atoms with E-state index in [9.17, 15) is 4.79 Å². The second kappa shape index (κ2) is 8.02. The number of nitrogens with zero attached hydrogens (tertiary/aromatic N) is 4. The van der Waals surface area contributed by atoms with Gasteiger partial charge in [0.15, 0.2) is 5.84 Å². The minimum atomic E-state index is -0.446. The van der Waals surface area contributed by atoms with Gasteiger partial charge in [0.2, 0.25) is 5.17 Å². The predicted molar refractivity (Wildman–Crippen MR) is 126 cm³/mol. The first-order chi connectivity index (χ1) is 15.1. The molecular formula is C23H16ClN5OS. The molecule has 0 radical (unpaired) electrons. The van der Waals surface area contributed by atoms with E-state index >= 15 is 0 Å². The Hall–Kier alpha value is -3.42. The molecule has 2 aliphatic heterocycles. The van der Waals surface area contributed by atoms with E-state index in [0.717, 1.165) is 22.0 Å². The van der Waals surface area contributed by atoms with Gasteiger partial charge in [-0.1, -0.05) is 48.0 Å². The van der Waals surface area contributed by atoms with E-state index < -0.39 is 5.91 Å². The highest BCUT2D eigenvalue weighted by atomic mass is 35.5. The summed E-state index contributed by atoms with van der Waals surface area (Å²) >= 11 is 7.45. The number of aliphatic imine (C=N–C) groups is 1. The summed E-state index contributed by atoms with van der Waals surface area (Å²) in [7, 11) is 0. The van der Waals surface area contributed by atoms with Crippen molar-refractivity contribution in [2.45, 2.75) is 6.42 Å². The molecule has 0 atom stereocenters. The van der Waals surface area contributed by atoms with E-state index in [1.165, 1.54) is 16.8 Å². The Morgan fingerprint density at radius 1 is 1.06 bits per heavy atom. The third-order valence-corrected chi connectivity index (χ3v) is 6.00. The Bertz CT molecular complexity index is 1290. The average Bonchev–Trinajstić information content (AvgIpc) is 3.38. The maximum Gasteiger partial charge on any atom is 0.283 e. The number of hydrogen-bond acceptors (Lipinski definition) is 4. The van der Waals surface area contributed by atoms with Crippen molar-refractivity contribution in [1.29, 1.82) is 5.41 Å². The van der Waals surface area contributed by atoms with Crippen molar-refractivity contribution in [2.24, 2.45) is 10.1 Å². The van der Waals surface area contributed by atoms with E-state index in [-0.39, 0.29) is 11.4 Å². The molecule has 0 saturated carbocycles. The molecule has 31 heavy (non-hydrogen) atoms. The van der Waals surface area contributed by atoms with Crippen LogP contribution < -0.4 is 0 Å². The fourth-order valence-corrected chi connectivity index (χ4v) is 4.50. The molecule has 3 heterocycles. The van der Waals surface area contributed by atoms with E-state index in [4.69, 9.17) is 17.0 Å². The number of carbonyl (C=O) groups is 1. The molecule has 1 N–H and O–H groups in total. The number of hydrogen-bond donors (Lipinski definition) is 1. The molecule has 0 saturated heterocycles. The lowest BCUT2D eigenvalue weighted by atomic mass is 10.1. The minimum absolute atomic E-state index is 0.0180. The van der Waals surface area contributed by atoms with E-state index in [0.29, 0.717) is 16.6 Å². The van der Waals surface area contributed by atoms with Gasteiger partial charge in [0.1, 0.15) is 5.04 Å². The molecule has 0 fully saturated rings. The highest BCUT2D eigenvalue weighted by Gasteiger charge is 2.35. The number of nitrogens with one attached hydrogen (secondary N) is 1. The van der Waals surface area contributed by atoms with Crippen LogP contribution in [0.25, 0.3) is 11.8 Å². The molecule has 5 rings (SSSR count). The molecule has 152 valence electrons. The Morgan fingerprint density at radius 3 is 2.71 bits per heavy atom. The lowest BCUT2D eigenvalue weighted by molar-refractivity contribution is -0.114. The molecule has 0 spiro atoms. The van der Waals surface area contributed by atoms with Gasteiger partial charge < -0.3 is 4.57 Å². The van der Waals surface area contributed by atoms with Crippen molar-refractivity contribution in [3.63, 3.8) is 0 Å². The highest BCUT2D eigenvalue weighted by molar-refractivity contribution is 8.26. The number of hydrazone groups is 1. The summed E-state index contributed by atoms with van der Waals surface area (Å²) < 4.78 is 1.90. The Labute approximate surface area is 188 Å². The van der Waals surface area contributed by atoms with Gasteiger partial charge in [0, 0.05) is 29.0 Å². The van der Waals surface area contributed by atoms with Crippen LogP contribution in [0.1, 0.15) is 11.3 Å². The van der Waals surface area contributed by atoms with Gasteiger partial charge in [-0.3, -0.25) is 10.2 Å². The van der Waals surface area contributed by atoms with Crippen LogP contribution in [0.4, 0.5) is 0 Å². The Morgan fingerprint density at radius 2 is 1.90 bits per heavy atom. The van der Waals surface area contributed by atoms with Gasteiger partial charge in [0.25, 0.3) is 5.91 Å². The summed E-state index contributed by atoms with van der Waals surface area (Å²) in [6, 6.07) is 21.1. The van der Waals surface area contributed by atoms with Gasteiger partial charge in [0.05, 0.1) is 5.57 Å². The van der Waals surface area contributed by atoms with Crippen LogP contribution in [0.2, 0.25) is 5.02 Å². The van der Waals surface area contributed by atoms with Gasteiger partial charge in [-0.25, -0.2) is 0 Å². The van der Waals surface area contributed by atoms with Crippen molar-refractivity contribution >= 4 is 51.4 Å². The van der Waals surface area contributed by atoms with Crippen molar-refractivity contribution in [3.8, 4) is 5.69 Å². The highest BCUT2D eigenvalue weighted by Crippen LogP contribution is 2.30. The summed E-state index contributed by atoms with van der Waals surface area (Å²) in [4.78, 5) is 16.9. The fraction of sp³-hybridized carbons (Fsp3) is 0.0435. The number of amides is 1. The maximum atomic E-state index is 12.7. The fourth-order valence-electron chi connectivity index (χ4n) is 3.39. The van der Waals surface area contributed by atoms with Gasteiger partial charge in [-0.2, -0.15) is 15.1 Å². The molecule has 8 heteroatoms. The van der Waals surface area contributed by atoms with Crippen molar-refractivity contribution < 1.29 is 4.79 Å². The smallest absolute Gasteiger partial charge is 0.283 e. The zero-order valence-corrected chi connectivity index (χ0v) is 17.8. The van der Waals surface area contributed by atoms with Crippen LogP contribution in [-0.2, 0) is 11.2 Å². The monoisotopic (exact) mass is 445 g/mol. The summed E-state index contributed by atoms with van der Waals surface area (Å²) in [6.07, 6.45) is 4.17. The van der Waals surface area contributed by atoms with Gasteiger partial charge >= 0.3 is 0 Å². The molecule has 0 bridgehead atoms. The molecule has 6 nitrogen and oxygen atoms in total. The first-order valence-corrected chi connectivity index (χ1v) is 10.7. The summed E-state index contributed by atoms with van der Waals surface area (Å²) in [5.74, 6) is -0.428. The topological polar surface area (TPSA) is 73.8 Å². The third kappa shape index (κ3) is 3.85. The van der Waals surface area contributed by atoms with E-state index in [1.54, 1.807) is 12.1 Å². The number of aromatic nitrogens is 1. The van der Waals surface area contributed by atoms with E-state index in [2.05, 4.69) is 10.1 Å². The van der Waals surface area contributed by atoms with Crippen LogP contribution >= 0.6 is 23.4 Å². The second-order valence-electron chi connectivity index (χ2n) is 6.96. The quantitative estimate of drug-likeness (QED) is 0.575. The molecule has 0 aliphatic carbocycles. The molecular weight excluding hydrogens is 430 g/mol. The first kappa shape index (κ1) is 19.5. The van der Waals surface area contributed by atoms with Gasteiger partial charge in [-0.15, -0.1) is 0 Å². The van der Waals surface area contributed by atoms with Crippen LogP contribution in [0.3, 0.4) is 0 Å². The standard InChI is InChI=1S/C23H16ClN5OS/c24-16-8-4-9-17(13-16)28-11-5-10-18(28)14-19-21(25)29-23(26-22(19)30)31-20(27-29)12-15-6-2-1-3-7-15/h1-11,13-14,25H,12H2/b19-14+,25-21?. The largest absolute Gasteiger partial charge is 0.317 e. The Kier molecular flexibility index (Phi) is 5.05. The summed E-state index contributed by atoms with van der Waals surface area (Å²) in [6.45, 7) is 0. The molecule has 2 aliphatic rings. The predicted octanol–water partition coefficient (Wildman–Crippen LogP) is 4.99. The number of fused-ring (bicyclic) bond motifs is 1. The number of thioether (sulfide) groups is 1. The van der Waals surface area contributed by atoms with E-state index in [1.807, 2.05) is 71.4 Å². The summed E-state index contributed by atoms with van der Waals surface area (Å²) in [5.41, 5.74) is 2.91. The molecule has 2 aromatic carbocycles. The zero-order chi connectivity index (χ0) is 21.4. The third-order valence-electron chi connectivity index (χ3n) is 4.85. The van der Waals surface area contributed by atoms with Crippen LogP contribution in [0, 0.1) is 5.41 Å². The number of amidine groups is 2. The second-order valence-corrected chi connectivity index (χ2v) is 8.44. The average molecular weight is 446 g/mol. The minimum Gasteiger partial charge on any atom is -0.317 e. The lowest BCUT2D eigenvalue weighted by Gasteiger charge is -2.20. The SMILES string of the molecule is N=C1/C(=C\c2cccn2-c2cccc(Cl)c2)C(=O)N=C2SC(Cc3ccccc3)=NN12. The van der Waals surface area contributed by atoms with Gasteiger partial charge in [-0.05, 0) is 53.7 Å². The van der Waals surface area contributed by atoms with Crippen molar-refractivity contribution in [2.75, 3.05) is 0 Å². The maximum absolute atomic E-state index is 12.7. The van der Waals surface area contributed by atoms with Crippen LogP contribution in [0.5, 0.6) is 0 Å². The normalized spacial score (nSPS) is 17.1. The molecule has 1 amide bonds. The molecule has 0 unspecified atom stereocenters. The zero-order valence-electron chi connectivity index (χ0n) is 16.2. The number of benzene rings is 2. The molecule has 3 aromatic rings. The van der Waals surface area contributed by atoms with Crippen LogP contribution in [-0.4, -0.2) is 31.5 Å². The number of carbonyl (C=O) groups excluding carboxylic acids is 1. The van der Waals surface area contributed by atoms with Crippen molar-refractivity contribution in [3.05, 3.63) is 94.8 Å². The van der Waals surface area contributed by atoms with Crippen molar-refractivity contribution in [1.82, 2.24) is 9.58 Å². The summed E-state index contributed by atoms with van der Waals surface area (Å²) in [5, 5.41) is 16.4. The lowest BCUT2D eigenvalue weighted by Crippen LogP contribution is -2.35. The number of rotatable bonds is 4. The Balaban J connectivity index is 1.45. The van der Waals surface area contributed by atoms with Crippen LogP contribution in [0.15, 0.2) is 88.6 Å². The molecule has 1 aromatic heterocycles.